The summed E-state index contributed by atoms with van der Waals surface area (Å²) in [5.41, 5.74) is 0.552. The summed E-state index contributed by atoms with van der Waals surface area (Å²) in [4.78, 5) is -0.167. The molecule has 0 spiro atoms. The van der Waals surface area contributed by atoms with Crippen molar-refractivity contribution in [3.8, 4) is 17.2 Å². The molecular weight excluding hydrogens is 351 g/mol. The van der Waals surface area contributed by atoms with Crippen LogP contribution < -0.4 is 39.4 Å². The van der Waals surface area contributed by atoms with Crippen molar-refractivity contribution >= 4 is 10.1 Å². The van der Waals surface area contributed by atoms with Crippen molar-refractivity contribution < 1.29 is 52.4 Å². The summed E-state index contributed by atoms with van der Waals surface area (Å²) < 4.78 is 38.2. The Balaban J connectivity index is 0.00000312. The molecule has 0 saturated carbocycles. The van der Waals surface area contributed by atoms with Gasteiger partial charge in [0, 0.05) is 6.07 Å². The van der Waals surface area contributed by atoms with Crippen molar-refractivity contribution in [1.29, 1.82) is 0 Å². The van der Waals surface area contributed by atoms with Gasteiger partial charge in [-0.15, -0.1) is 0 Å². The number of benzene rings is 2. The van der Waals surface area contributed by atoms with E-state index in [1.807, 2.05) is 0 Å². The van der Waals surface area contributed by atoms with Crippen LogP contribution in [0.1, 0.15) is 38.2 Å². The zero-order valence-electron chi connectivity index (χ0n) is 14.6. The molecule has 1 N–H and O–H groups in total. The van der Waals surface area contributed by atoms with Gasteiger partial charge in [-0.2, -0.15) is 8.42 Å². The van der Waals surface area contributed by atoms with Crippen molar-refractivity contribution in [2.24, 2.45) is 0 Å². The largest absolute Gasteiger partial charge is 1.00 e. The molecule has 7 heteroatoms. The van der Waals surface area contributed by atoms with E-state index >= 15 is 0 Å². The zero-order valence-corrected chi connectivity index (χ0v) is 17.4. The Hall–Kier alpha value is -1.05. The number of unbranched alkanes of at least 4 members (excludes halogenated alkanes) is 3. The second-order valence-electron chi connectivity index (χ2n) is 5.60. The van der Waals surface area contributed by atoms with Crippen LogP contribution in [0.3, 0.4) is 0 Å². The summed E-state index contributed by atoms with van der Waals surface area (Å²) in [6.45, 7) is 2.10. The Morgan fingerprint density at radius 3 is 2.44 bits per heavy atom. The van der Waals surface area contributed by atoms with Crippen LogP contribution >= 0.6 is 0 Å². The van der Waals surface area contributed by atoms with E-state index in [9.17, 15) is 18.1 Å². The average molecular weight is 372 g/mol. The van der Waals surface area contributed by atoms with Gasteiger partial charge in [0.2, 0.25) is 0 Å². The third-order valence-electron chi connectivity index (χ3n) is 3.69. The molecule has 0 aliphatic heterocycles. The van der Waals surface area contributed by atoms with Crippen molar-refractivity contribution in [2.75, 3.05) is 0 Å². The normalized spacial score (nSPS) is 11.0. The summed E-state index contributed by atoms with van der Waals surface area (Å²) in [6, 6.07) is 10.6. The first-order valence-electron chi connectivity index (χ1n) is 7.96. The Labute approximate surface area is 171 Å². The smallest absolute Gasteiger partial charge is 0.870 e. The number of hydrogen-bond acceptors (Lipinski definition) is 4. The van der Waals surface area contributed by atoms with Crippen molar-refractivity contribution in [1.82, 2.24) is 0 Å². The molecule has 2 aromatic carbocycles. The minimum absolute atomic E-state index is 0. The molecule has 0 unspecified atom stereocenters. The molecule has 2 rings (SSSR count). The number of rotatable bonds is 8. The second-order valence-corrected chi connectivity index (χ2v) is 6.99. The molecule has 0 heterocycles. The van der Waals surface area contributed by atoms with Crippen LogP contribution in [-0.4, -0.2) is 13.0 Å². The first kappa shape index (κ1) is 22.0. The van der Waals surface area contributed by atoms with Crippen LogP contribution in [0.5, 0.6) is 17.2 Å². The van der Waals surface area contributed by atoms with Crippen molar-refractivity contribution in [3.63, 3.8) is 0 Å². The fourth-order valence-corrected chi connectivity index (χ4v) is 3.22. The third kappa shape index (κ3) is 6.64. The van der Waals surface area contributed by atoms with E-state index < -0.39 is 10.1 Å². The molecule has 0 bridgehead atoms. The maximum absolute atomic E-state index is 11.7. The molecular formula is C18H21NaO5S. The Morgan fingerprint density at radius 2 is 1.80 bits per heavy atom. The van der Waals surface area contributed by atoms with E-state index in [4.69, 9.17) is 4.74 Å². The van der Waals surface area contributed by atoms with Crippen molar-refractivity contribution in [3.05, 3.63) is 48.0 Å². The SMILES string of the molecule is CCCCCCc1ccc(Oc2ccccc2[O-])cc1S(=O)(=O)O.[Na+]. The molecule has 0 radical (unpaired) electrons. The van der Waals surface area contributed by atoms with Gasteiger partial charge in [-0.05, 0) is 30.5 Å². The molecule has 0 aliphatic carbocycles. The van der Waals surface area contributed by atoms with Crippen LogP contribution in [0.25, 0.3) is 0 Å². The minimum atomic E-state index is -4.36. The van der Waals surface area contributed by atoms with Gasteiger partial charge in [0.05, 0.1) is 0 Å². The zero-order chi connectivity index (χ0) is 17.6. The quantitative estimate of drug-likeness (QED) is 0.423. The first-order chi connectivity index (χ1) is 11.4. The molecule has 25 heavy (non-hydrogen) atoms. The molecule has 0 atom stereocenters. The molecule has 0 aromatic heterocycles. The predicted octanol–water partition coefficient (Wildman–Crippen LogP) is 0.926. The maximum Gasteiger partial charge on any atom is 1.00 e. The minimum Gasteiger partial charge on any atom is -0.870 e. The summed E-state index contributed by atoms with van der Waals surface area (Å²) in [7, 11) is -4.36. The number of ether oxygens (including phenoxy) is 1. The van der Waals surface area contributed by atoms with Gasteiger partial charge in [0.15, 0.2) is 0 Å². The summed E-state index contributed by atoms with van der Waals surface area (Å²) >= 11 is 0. The maximum atomic E-state index is 11.7. The van der Waals surface area contributed by atoms with Crippen LogP contribution in [0.4, 0.5) is 0 Å². The van der Waals surface area contributed by atoms with E-state index in [1.165, 1.54) is 18.2 Å². The molecule has 0 aliphatic rings. The van der Waals surface area contributed by atoms with E-state index in [0.29, 0.717) is 12.0 Å². The molecule has 5 nitrogen and oxygen atoms in total. The number of aryl methyl sites for hydroxylation is 1. The summed E-state index contributed by atoms with van der Waals surface area (Å²) in [5, 5.41) is 11.7. The van der Waals surface area contributed by atoms with Crippen LogP contribution in [0.15, 0.2) is 47.4 Å². The summed E-state index contributed by atoms with van der Waals surface area (Å²) in [5.74, 6) is 0.00673. The monoisotopic (exact) mass is 372 g/mol. The molecule has 130 valence electrons. The molecule has 2 aromatic rings. The molecule has 0 amide bonds. The molecule has 0 saturated heterocycles. The van der Waals surface area contributed by atoms with Gasteiger partial charge in [-0.1, -0.05) is 56.2 Å². The van der Waals surface area contributed by atoms with E-state index in [0.717, 1.165) is 25.7 Å². The van der Waals surface area contributed by atoms with Crippen LogP contribution in [0, 0.1) is 0 Å². The number of para-hydroxylation sites is 2. The Bertz CT molecular complexity index is 790. The fourth-order valence-electron chi connectivity index (χ4n) is 2.45. The van der Waals surface area contributed by atoms with Gasteiger partial charge in [-0.25, -0.2) is 0 Å². The van der Waals surface area contributed by atoms with E-state index in [-0.39, 0.29) is 51.7 Å². The van der Waals surface area contributed by atoms with E-state index in [2.05, 4.69) is 6.92 Å². The van der Waals surface area contributed by atoms with Gasteiger partial charge in [-0.3, -0.25) is 4.55 Å². The van der Waals surface area contributed by atoms with Crippen LogP contribution in [-0.2, 0) is 16.5 Å². The third-order valence-corrected chi connectivity index (χ3v) is 4.63. The molecule has 0 fully saturated rings. The van der Waals surface area contributed by atoms with Crippen LogP contribution in [0.2, 0.25) is 0 Å². The second kappa shape index (κ2) is 10.2. The van der Waals surface area contributed by atoms with Gasteiger partial charge < -0.3 is 9.84 Å². The topological polar surface area (TPSA) is 86.7 Å². The van der Waals surface area contributed by atoms with Gasteiger partial charge in [0.1, 0.15) is 16.4 Å². The first-order valence-corrected chi connectivity index (χ1v) is 9.40. The Morgan fingerprint density at radius 1 is 1.08 bits per heavy atom. The fraction of sp³-hybridized carbons (Fsp3) is 0.333. The van der Waals surface area contributed by atoms with E-state index in [1.54, 1.807) is 24.3 Å². The average Bonchev–Trinajstić information content (AvgIpc) is 2.54. The van der Waals surface area contributed by atoms with Gasteiger partial charge in [0.25, 0.3) is 10.1 Å². The van der Waals surface area contributed by atoms with Crippen molar-refractivity contribution in [2.45, 2.75) is 43.9 Å². The predicted molar refractivity (Wildman–Crippen MR) is 90.1 cm³/mol. The summed E-state index contributed by atoms with van der Waals surface area (Å²) in [6.07, 6.45) is 4.59. The number of hydrogen-bond donors (Lipinski definition) is 1. The Kier molecular flexibility index (Phi) is 8.96. The standard InChI is InChI=1S/C18H22O5S.Na/c1-2-3-4-5-8-14-11-12-15(13-18(14)24(20,21)22)23-17-10-7-6-9-16(17)19;/h6-7,9-13,19H,2-5,8H2,1H3,(H,20,21,22);/q;+1/p-1. The van der Waals surface area contributed by atoms with Gasteiger partial charge >= 0.3 is 29.6 Å².